The van der Waals surface area contributed by atoms with Crippen LogP contribution in [0.4, 0.5) is 5.82 Å². The number of nitrogens with one attached hydrogen (secondary N) is 1. The highest BCUT2D eigenvalue weighted by Crippen LogP contribution is 2.38. The fourth-order valence-electron chi connectivity index (χ4n) is 2.79. The second kappa shape index (κ2) is 7.18. The van der Waals surface area contributed by atoms with Crippen LogP contribution in [-0.4, -0.2) is 29.7 Å². The first kappa shape index (κ1) is 14.7. The summed E-state index contributed by atoms with van der Waals surface area (Å²) >= 11 is 1.84. The molecule has 0 saturated heterocycles. The van der Waals surface area contributed by atoms with Crippen molar-refractivity contribution in [1.29, 1.82) is 0 Å². The van der Waals surface area contributed by atoms with Gasteiger partial charge in [0.15, 0.2) is 0 Å². The molecule has 0 spiro atoms. The molecule has 4 nitrogen and oxygen atoms in total. The van der Waals surface area contributed by atoms with Crippen molar-refractivity contribution in [3.05, 3.63) is 16.8 Å². The van der Waals surface area contributed by atoms with Gasteiger partial charge in [0.1, 0.15) is 17.0 Å². The molecule has 3 rings (SSSR count). The van der Waals surface area contributed by atoms with E-state index in [-0.39, 0.29) is 0 Å². The van der Waals surface area contributed by atoms with Crippen LogP contribution in [0.3, 0.4) is 0 Å². The molecular formula is C16H23N3OS. The van der Waals surface area contributed by atoms with Gasteiger partial charge in [-0.1, -0.05) is 13.3 Å². The number of unbranched alkanes of at least 4 members (excludes halogenated alkanes) is 1. The number of hydrogen-bond acceptors (Lipinski definition) is 5. The lowest BCUT2D eigenvalue weighted by Gasteiger charge is -2.08. The molecule has 2 heterocycles. The van der Waals surface area contributed by atoms with Gasteiger partial charge in [-0.05, 0) is 37.7 Å². The Balaban J connectivity index is 1.57. The van der Waals surface area contributed by atoms with Crippen molar-refractivity contribution in [2.75, 3.05) is 25.1 Å². The highest BCUT2D eigenvalue weighted by molar-refractivity contribution is 7.19. The summed E-state index contributed by atoms with van der Waals surface area (Å²) in [5.74, 6) is 1.01. The summed E-state index contributed by atoms with van der Waals surface area (Å²) in [6, 6.07) is 0. The van der Waals surface area contributed by atoms with Gasteiger partial charge >= 0.3 is 0 Å². The van der Waals surface area contributed by atoms with Gasteiger partial charge in [0.05, 0.1) is 5.39 Å². The number of aromatic nitrogens is 2. The van der Waals surface area contributed by atoms with Gasteiger partial charge in [-0.2, -0.15) is 0 Å². The lowest BCUT2D eigenvalue weighted by molar-refractivity contribution is 0.131. The number of hydrogen-bond donors (Lipinski definition) is 1. The number of rotatable bonds is 8. The van der Waals surface area contributed by atoms with Gasteiger partial charge < -0.3 is 10.1 Å². The zero-order valence-electron chi connectivity index (χ0n) is 12.7. The topological polar surface area (TPSA) is 47.0 Å². The molecule has 2 aromatic rings. The second-order valence-electron chi connectivity index (χ2n) is 5.51. The van der Waals surface area contributed by atoms with Crippen molar-refractivity contribution in [2.45, 2.75) is 45.4 Å². The van der Waals surface area contributed by atoms with Crippen molar-refractivity contribution in [2.24, 2.45) is 0 Å². The van der Waals surface area contributed by atoms with Gasteiger partial charge in [-0.3, -0.25) is 0 Å². The lowest BCUT2D eigenvalue weighted by Crippen LogP contribution is -2.08. The Bertz CT molecular complexity index is 596. The summed E-state index contributed by atoms with van der Waals surface area (Å²) in [5, 5.41) is 4.74. The average molecular weight is 305 g/mol. The third-order valence-corrected chi connectivity index (χ3v) is 5.10. The molecule has 21 heavy (non-hydrogen) atoms. The molecule has 0 amide bonds. The summed E-state index contributed by atoms with van der Waals surface area (Å²) in [5.41, 5.74) is 1.48. The van der Waals surface area contributed by atoms with Crippen molar-refractivity contribution in [1.82, 2.24) is 9.97 Å². The fourth-order valence-corrected chi connectivity index (χ4v) is 4.02. The number of thiophene rings is 1. The first-order valence-electron chi connectivity index (χ1n) is 7.97. The number of nitrogens with zero attached hydrogens (tertiary/aromatic N) is 2. The van der Waals surface area contributed by atoms with Gasteiger partial charge in [-0.25, -0.2) is 9.97 Å². The van der Waals surface area contributed by atoms with Crippen LogP contribution in [0.15, 0.2) is 6.33 Å². The van der Waals surface area contributed by atoms with Crippen LogP contribution < -0.4 is 5.32 Å². The van der Waals surface area contributed by atoms with E-state index >= 15 is 0 Å². The Morgan fingerprint density at radius 1 is 1.24 bits per heavy atom. The Morgan fingerprint density at radius 2 is 2.14 bits per heavy atom. The average Bonchev–Trinajstić information content (AvgIpc) is 3.07. The SMILES string of the molecule is CCCCOCCCNc1ncnc2sc3c(c12)CCC3. The third-order valence-electron chi connectivity index (χ3n) is 3.90. The molecule has 0 atom stereocenters. The standard InChI is InChI=1S/C16H23N3OS/c1-2-3-9-20-10-5-8-17-15-14-12-6-4-7-13(12)21-16(14)19-11-18-15/h11H,2-10H2,1H3,(H,17,18,19). The monoisotopic (exact) mass is 305 g/mol. The fraction of sp³-hybridized carbons (Fsp3) is 0.625. The van der Waals surface area contributed by atoms with Crippen LogP contribution in [0, 0.1) is 0 Å². The minimum atomic E-state index is 0.822. The molecular weight excluding hydrogens is 282 g/mol. The smallest absolute Gasteiger partial charge is 0.138 e. The van der Waals surface area contributed by atoms with Crippen molar-refractivity contribution in [3.63, 3.8) is 0 Å². The predicted molar refractivity (Wildman–Crippen MR) is 88.3 cm³/mol. The predicted octanol–water partition coefficient (Wildman–Crippen LogP) is 3.80. The first-order chi connectivity index (χ1) is 10.4. The van der Waals surface area contributed by atoms with E-state index in [4.69, 9.17) is 4.74 Å². The van der Waals surface area contributed by atoms with Crippen LogP contribution in [0.5, 0.6) is 0 Å². The van der Waals surface area contributed by atoms with Crippen LogP contribution in [0.25, 0.3) is 10.2 Å². The maximum Gasteiger partial charge on any atom is 0.138 e. The van der Waals surface area contributed by atoms with Crippen LogP contribution in [0.1, 0.15) is 43.0 Å². The minimum Gasteiger partial charge on any atom is -0.381 e. The van der Waals surface area contributed by atoms with Gasteiger partial charge in [0.25, 0.3) is 0 Å². The van der Waals surface area contributed by atoms with Crippen molar-refractivity contribution < 1.29 is 4.74 Å². The summed E-state index contributed by atoms with van der Waals surface area (Å²) in [6.45, 7) is 4.79. The quantitative estimate of drug-likeness (QED) is 0.754. The normalized spacial score (nSPS) is 13.8. The van der Waals surface area contributed by atoms with Crippen molar-refractivity contribution >= 4 is 27.4 Å². The van der Waals surface area contributed by atoms with E-state index in [1.807, 2.05) is 11.3 Å². The van der Waals surface area contributed by atoms with E-state index in [0.717, 1.165) is 43.2 Å². The molecule has 1 aliphatic rings. The second-order valence-corrected chi connectivity index (χ2v) is 6.59. The van der Waals surface area contributed by atoms with Crippen LogP contribution >= 0.6 is 11.3 Å². The molecule has 114 valence electrons. The molecule has 1 aliphatic carbocycles. The number of anilines is 1. The van der Waals surface area contributed by atoms with E-state index < -0.39 is 0 Å². The molecule has 0 radical (unpaired) electrons. The summed E-state index contributed by atoms with van der Waals surface area (Å²) in [6.07, 6.45) is 8.70. The number of aryl methyl sites for hydroxylation is 2. The van der Waals surface area contributed by atoms with E-state index in [9.17, 15) is 0 Å². The maximum atomic E-state index is 5.59. The Morgan fingerprint density at radius 3 is 3.05 bits per heavy atom. The molecule has 0 unspecified atom stereocenters. The van der Waals surface area contributed by atoms with Gasteiger partial charge in [0, 0.05) is 24.6 Å². The molecule has 0 bridgehead atoms. The highest BCUT2D eigenvalue weighted by atomic mass is 32.1. The number of fused-ring (bicyclic) bond motifs is 3. The molecule has 0 aromatic carbocycles. The molecule has 1 N–H and O–H groups in total. The molecule has 0 saturated carbocycles. The van der Waals surface area contributed by atoms with Crippen LogP contribution in [0.2, 0.25) is 0 Å². The zero-order chi connectivity index (χ0) is 14.5. The van der Waals surface area contributed by atoms with Crippen LogP contribution in [-0.2, 0) is 17.6 Å². The van der Waals surface area contributed by atoms with E-state index in [1.54, 1.807) is 6.33 Å². The highest BCUT2D eigenvalue weighted by Gasteiger charge is 2.20. The Labute approximate surface area is 129 Å². The third kappa shape index (κ3) is 3.35. The van der Waals surface area contributed by atoms with E-state index in [0.29, 0.717) is 0 Å². The Hall–Kier alpha value is -1.20. The van der Waals surface area contributed by atoms with Gasteiger partial charge in [-0.15, -0.1) is 11.3 Å². The minimum absolute atomic E-state index is 0.822. The van der Waals surface area contributed by atoms with Gasteiger partial charge in [0.2, 0.25) is 0 Å². The number of ether oxygens (including phenoxy) is 1. The van der Waals surface area contributed by atoms with E-state index in [1.165, 1.54) is 41.5 Å². The summed E-state index contributed by atoms with van der Waals surface area (Å²) < 4.78 is 5.59. The van der Waals surface area contributed by atoms with E-state index in [2.05, 4.69) is 22.2 Å². The Kier molecular flexibility index (Phi) is 5.04. The summed E-state index contributed by atoms with van der Waals surface area (Å²) in [7, 11) is 0. The zero-order valence-corrected chi connectivity index (χ0v) is 13.5. The first-order valence-corrected chi connectivity index (χ1v) is 8.78. The summed E-state index contributed by atoms with van der Waals surface area (Å²) in [4.78, 5) is 11.5. The lowest BCUT2D eigenvalue weighted by atomic mass is 10.2. The largest absolute Gasteiger partial charge is 0.381 e. The molecule has 0 aliphatic heterocycles. The van der Waals surface area contributed by atoms with Crippen molar-refractivity contribution in [3.8, 4) is 0 Å². The molecule has 2 aromatic heterocycles. The molecule has 5 heteroatoms. The maximum absolute atomic E-state index is 5.59. The molecule has 0 fully saturated rings.